The largest absolute Gasteiger partial charge is 0.312 e. The van der Waals surface area contributed by atoms with E-state index in [1.807, 2.05) is 0 Å². The topological polar surface area (TPSA) is 12.0 Å². The molecule has 1 saturated carbocycles. The molecule has 2 atom stereocenters. The molecular formula is C16H25N. The van der Waals surface area contributed by atoms with Gasteiger partial charge in [0.2, 0.25) is 0 Å². The van der Waals surface area contributed by atoms with Crippen LogP contribution in [-0.4, -0.2) is 12.1 Å². The van der Waals surface area contributed by atoms with Crippen LogP contribution in [0, 0.1) is 19.8 Å². The molecule has 0 aliphatic heterocycles. The maximum absolute atomic E-state index is 3.62. The third-order valence-electron chi connectivity index (χ3n) is 3.73. The lowest BCUT2D eigenvalue weighted by molar-refractivity contribution is 0.414. The molecule has 0 bridgehead atoms. The molecule has 1 N–H and O–H groups in total. The molecule has 1 aromatic rings. The Bertz CT molecular complexity index is 380. The Hall–Kier alpha value is -0.820. The minimum Gasteiger partial charge on any atom is -0.312 e. The van der Waals surface area contributed by atoms with Crippen molar-refractivity contribution in [1.29, 1.82) is 0 Å². The zero-order valence-corrected chi connectivity index (χ0v) is 11.8. The zero-order valence-electron chi connectivity index (χ0n) is 11.8. The van der Waals surface area contributed by atoms with Crippen LogP contribution in [0.5, 0.6) is 0 Å². The molecule has 1 aromatic carbocycles. The molecule has 1 nitrogen and oxygen atoms in total. The van der Waals surface area contributed by atoms with Gasteiger partial charge in [0.05, 0.1) is 0 Å². The molecule has 1 heteroatoms. The number of hydrogen-bond donors (Lipinski definition) is 1. The van der Waals surface area contributed by atoms with E-state index < -0.39 is 0 Å². The van der Waals surface area contributed by atoms with Crippen LogP contribution in [-0.2, 0) is 0 Å². The number of hydrogen-bond acceptors (Lipinski definition) is 1. The standard InChI is InChI=1S/C16H25N/c1-11-7-6-8-12(2)15(11)14-9-13(14)10-17-16(3,4)5/h6-8,13-14,17H,9-10H2,1-5H3. The van der Waals surface area contributed by atoms with Crippen molar-refractivity contribution in [3.05, 3.63) is 34.9 Å². The highest BCUT2D eigenvalue weighted by atomic mass is 15.0. The fraction of sp³-hybridized carbons (Fsp3) is 0.625. The molecule has 0 saturated heterocycles. The van der Waals surface area contributed by atoms with Gasteiger partial charge in [-0.05, 0) is 76.1 Å². The minimum absolute atomic E-state index is 0.244. The molecule has 0 amide bonds. The van der Waals surface area contributed by atoms with Crippen LogP contribution in [0.1, 0.15) is 49.8 Å². The minimum atomic E-state index is 0.244. The van der Waals surface area contributed by atoms with Crippen molar-refractivity contribution in [2.45, 2.75) is 52.5 Å². The summed E-state index contributed by atoms with van der Waals surface area (Å²) in [6, 6.07) is 6.66. The van der Waals surface area contributed by atoms with Crippen LogP contribution in [0.15, 0.2) is 18.2 Å². The highest BCUT2D eigenvalue weighted by Gasteiger charge is 2.39. The van der Waals surface area contributed by atoms with E-state index in [-0.39, 0.29) is 5.54 Å². The molecule has 94 valence electrons. The molecule has 1 fully saturated rings. The molecular weight excluding hydrogens is 206 g/mol. The Labute approximate surface area is 106 Å². The average molecular weight is 231 g/mol. The SMILES string of the molecule is Cc1cccc(C)c1C1CC1CNC(C)(C)C. The first kappa shape index (κ1) is 12.6. The molecule has 17 heavy (non-hydrogen) atoms. The van der Waals surface area contributed by atoms with Crippen LogP contribution in [0.3, 0.4) is 0 Å². The maximum Gasteiger partial charge on any atom is 0.00966 e. The molecule has 2 unspecified atom stereocenters. The molecule has 1 aliphatic carbocycles. The van der Waals surface area contributed by atoms with Gasteiger partial charge in [-0.1, -0.05) is 18.2 Å². The Kier molecular flexibility index (Phi) is 3.31. The van der Waals surface area contributed by atoms with E-state index in [1.165, 1.54) is 17.5 Å². The van der Waals surface area contributed by atoms with Gasteiger partial charge in [0.25, 0.3) is 0 Å². The first-order valence-corrected chi connectivity index (χ1v) is 6.69. The van der Waals surface area contributed by atoms with Gasteiger partial charge in [0.15, 0.2) is 0 Å². The second-order valence-corrected chi connectivity index (χ2v) is 6.54. The summed E-state index contributed by atoms with van der Waals surface area (Å²) in [6.45, 7) is 12.4. The van der Waals surface area contributed by atoms with Crippen molar-refractivity contribution in [2.24, 2.45) is 5.92 Å². The summed E-state index contributed by atoms with van der Waals surface area (Å²) in [7, 11) is 0. The van der Waals surface area contributed by atoms with Gasteiger partial charge < -0.3 is 5.32 Å². The van der Waals surface area contributed by atoms with E-state index in [9.17, 15) is 0 Å². The highest BCUT2D eigenvalue weighted by Crippen LogP contribution is 2.49. The van der Waals surface area contributed by atoms with Crippen molar-refractivity contribution < 1.29 is 0 Å². The van der Waals surface area contributed by atoms with Gasteiger partial charge in [0, 0.05) is 5.54 Å². The first-order valence-electron chi connectivity index (χ1n) is 6.69. The molecule has 0 spiro atoms. The van der Waals surface area contributed by atoms with Crippen LogP contribution < -0.4 is 5.32 Å². The third-order valence-corrected chi connectivity index (χ3v) is 3.73. The normalized spacial score (nSPS) is 23.8. The van der Waals surface area contributed by atoms with E-state index in [1.54, 1.807) is 5.56 Å². The smallest absolute Gasteiger partial charge is 0.00966 e. The lowest BCUT2D eigenvalue weighted by atomic mass is 9.97. The second-order valence-electron chi connectivity index (χ2n) is 6.54. The number of nitrogens with one attached hydrogen (secondary N) is 1. The summed E-state index contributed by atoms with van der Waals surface area (Å²) < 4.78 is 0. The van der Waals surface area contributed by atoms with E-state index in [4.69, 9.17) is 0 Å². The van der Waals surface area contributed by atoms with E-state index in [2.05, 4.69) is 58.1 Å². The monoisotopic (exact) mass is 231 g/mol. The molecule has 0 radical (unpaired) electrons. The lowest BCUT2D eigenvalue weighted by Crippen LogP contribution is -2.37. The van der Waals surface area contributed by atoms with Crippen molar-refractivity contribution in [3.63, 3.8) is 0 Å². The van der Waals surface area contributed by atoms with E-state index in [0.717, 1.165) is 18.4 Å². The first-order chi connectivity index (χ1) is 7.88. The van der Waals surface area contributed by atoms with Crippen LogP contribution in [0.2, 0.25) is 0 Å². The molecule has 0 heterocycles. The van der Waals surface area contributed by atoms with Gasteiger partial charge in [0.1, 0.15) is 0 Å². The Morgan fingerprint density at radius 3 is 2.29 bits per heavy atom. The van der Waals surface area contributed by atoms with Gasteiger partial charge in [-0.15, -0.1) is 0 Å². The zero-order chi connectivity index (χ0) is 12.6. The van der Waals surface area contributed by atoms with Crippen molar-refractivity contribution >= 4 is 0 Å². The van der Waals surface area contributed by atoms with Crippen molar-refractivity contribution in [3.8, 4) is 0 Å². The summed E-state index contributed by atoms with van der Waals surface area (Å²) in [5.74, 6) is 1.64. The lowest BCUT2D eigenvalue weighted by Gasteiger charge is -2.20. The average Bonchev–Trinajstić information content (AvgIpc) is 2.93. The summed E-state index contributed by atoms with van der Waals surface area (Å²) in [5.41, 5.74) is 4.78. The van der Waals surface area contributed by atoms with Gasteiger partial charge >= 0.3 is 0 Å². The maximum atomic E-state index is 3.62. The fourth-order valence-corrected chi connectivity index (χ4v) is 2.68. The van der Waals surface area contributed by atoms with E-state index >= 15 is 0 Å². The summed E-state index contributed by atoms with van der Waals surface area (Å²) >= 11 is 0. The quantitative estimate of drug-likeness (QED) is 0.834. The van der Waals surface area contributed by atoms with Gasteiger partial charge in [-0.2, -0.15) is 0 Å². The van der Waals surface area contributed by atoms with Crippen molar-refractivity contribution in [1.82, 2.24) is 5.32 Å². The summed E-state index contributed by atoms with van der Waals surface area (Å²) in [6.07, 6.45) is 1.36. The predicted molar refractivity (Wildman–Crippen MR) is 74.5 cm³/mol. The van der Waals surface area contributed by atoms with Crippen LogP contribution >= 0.6 is 0 Å². The number of rotatable bonds is 3. The Morgan fingerprint density at radius 1 is 1.18 bits per heavy atom. The Morgan fingerprint density at radius 2 is 1.76 bits per heavy atom. The fourth-order valence-electron chi connectivity index (χ4n) is 2.68. The molecule has 0 aromatic heterocycles. The van der Waals surface area contributed by atoms with E-state index in [0.29, 0.717) is 0 Å². The van der Waals surface area contributed by atoms with Crippen molar-refractivity contribution in [2.75, 3.05) is 6.54 Å². The third kappa shape index (κ3) is 3.10. The summed E-state index contributed by atoms with van der Waals surface area (Å²) in [4.78, 5) is 0. The number of benzene rings is 1. The number of aryl methyl sites for hydroxylation is 2. The molecule has 1 aliphatic rings. The Balaban J connectivity index is 1.99. The predicted octanol–water partition coefficient (Wildman–Crippen LogP) is 3.80. The summed E-state index contributed by atoms with van der Waals surface area (Å²) in [5, 5.41) is 3.62. The second kappa shape index (κ2) is 4.45. The van der Waals surface area contributed by atoms with Crippen LogP contribution in [0.25, 0.3) is 0 Å². The van der Waals surface area contributed by atoms with Gasteiger partial charge in [-0.3, -0.25) is 0 Å². The molecule has 2 rings (SSSR count). The van der Waals surface area contributed by atoms with Gasteiger partial charge in [-0.25, -0.2) is 0 Å². The van der Waals surface area contributed by atoms with Crippen LogP contribution in [0.4, 0.5) is 0 Å². The highest BCUT2D eigenvalue weighted by molar-refractivity contribution is 5.40.